The van der Waals surface area contributed by atoms with E-state index in [4.69, 9.17) is 9.47 Å². The van der Waals surface area contributed by atoms with Crippen molar-refractivity contribution in [2.24, 2.45) is 0 Å². The molecule has 0 radical (unpaired) electrons. The lowest BCUT2D eigenvalue weighted by Gasteiger charge is -2.38. The minimum atomic E-state index is -0.773. The van der Waals surface area contributed by atoms with Gasteiger partial charge in [-0.2, -0.15) is 0 Å². The van der Waals surface area contributed by atoms with E-state index in [1.807, 2.05) is 31.2 Å². The van der Waals surface area contributed by atoms with Crippen molar-refractivity contribution in [3.8, 4) is 11.5 Å². The van der Waals surface area contributed by atoms with Crippen molar-refractivity contribution in [3.63, 3.8) is 0 Å². The first-order valence-electron chi connectivity index (χ1n) is 12.4. The average molecular weight is 454 g/mol. The predicted molar refractivity (Wildman–Crippen MR) is 131 cm³/mol. The summed E-state index contributed by atoms with van der Waals surface area (Å²) in [6.45, 7) is 7.38. The van der Waals surface area contributed by atoms with E-state index in [2.05, 4.69) is 30.0 Å². The van der Waals surface area contributed by atoms with Gasteiger partial charge >= 0.3 is 0 Å². The second-order valence-electron chi connectivity index (χ2n) is 10.3. The fourth-order valence-electron chi connectivity index (χ4n) is 4.97. The quantitative estimate of drug-likeness (QED) is 0.602. The van der Waals surface area contributed by atoms with Gasteiger partial charge in [-0.05, 0) is 68.9 Å². The first kappa shape index (κ1) is 24.1. The molecule has 0 amide bonds. The Morgan fingerprint density at radius 3 is 2.09 bits per heavy atom. The molecule has 1 aliphatic heterocycles. The average Bonchev–Trinajstić information content (AvgIpc) is 2.80. The lowest BCUT2D eigenvalue weighted by atomic mass is 9.85. The molecule has 0 atom stereocenters. The van der Waals surface area contributed by atoms with Crippen LogP contribution in [0.3, 0.4) is 0 Å². The molecule has 0 bridgehead atoms. The highest BCUT2D eigenvalue weighted by Gasteiger charge is 2.33. The summed E-state index contributed by atoms with van der Waals surface area (Å²) in [5.74, 6) is 1.67. The van der Waals surface area contributed by atoms with Crippen LogP contribution >= 0.6 is 0 Å². The first-order chi connectivity index (χ1) is 15.8. The number of rotatable bonds is 8. The Morgan fingerprint density at radius 1 is 0.788 bits per heavy atom. The van der Waals surface area contributed by atoms with Gasteiger partial charge in [0, 0.05) is 19.6 Å². The van der Waals surface area contributed by atoms with Gasteiger partial charge in [0.15, 0.2) is 0 Å². The Kier molecular flexibility index (Phi) is 7.62. The predicted octanol–water partition coefficient (Wildman–Crippen LogP) is 4.78. The standard InChI is InChI=1S/C28H39NO4/c1-22-6-11-26(23(2)18-22)33-21-28(31)14-16-29(17-15-28)19-24-7-9-25(10-8-24)32-20-27(30)12-4-3-5-13-27/h6-11,18,30-31H,3-5,12-17,19-21H2,1-2H3. The highest BCUT2D eigenvalue weighted by molar-refractivity contribution is 5.35. The third-order valence-electron chi connectivity index (χ3n) is 7.23. The fraction of sp³-hybridized carbons (Fsp3) is 0.571. The summed E-state index contributed by atoms with van der Waals surface area (Å²) in [6, 6.07) is 14.3. The fourth-order valence-corrected chi connectivity index (χ4v) is 4.97. The van der Waals surface area contributed by atoms with Crippen LogP contribution < -0.4 is 9.47 Å². The van der Waals surface area contributed by atoms with Crippen LogP contribution in [0.4, 0.5) is 0 Å². The van der Waals surface area contributed by atoms with E-state index in [1.54, 1.807) is 0 Å². The number of hydrogen-bond donors (Lipinski definition) is 2. The van der Waals surface area contributed by atoms with Gasteiger partial charge in [0.25, 0.3) is 0 Å². The maximum atomic E-state index is 11.0. The van der Waals surface area contributed by atoms with Gasteiger partial charge in [0.05, 0.1) is 5.60 Å². The molecule has 0 spiro atoms. The van der Waals surface area contributed by atoms with Crippen LogP contribution in [0, 0.1) is 13.8 Å². The summed E-state index contributed by atoms with van der Waals surface area (Å²) in [4.78, 5) is 2.38. The Morgan fingerprint density at radius 2 is 1.42 bits per heavy atom. The van der Waals surface area contributed by atoms with Crippen molar-refractivity contribution in [3.05, 3.63) is 59.2 Å². The third-order valence-corrected chi connectivity index (χ3v) is 7.23. The summed E-state index contributed by atoms with van der Waals surface area (Å²) < 4.78 is 11.9. The molecule has 1 aliphatic carbocycles. The molecule has 2 fully saturated rings. The molecule has 5 heteroatoms. The topological polar surface area (TPSA) is 62.2 Å². The van der Waals surface area contributed by atoms with Crippen LogP contribution in [0.2, 0.25) is 0 Å². The number of aryl methyl sites for hydroxylation is 2. The van der Waals surface area contributed by atoms with E-state index in [1.165, 1.54) is 17.5 Å². The first-order valence-corrected chi connectivity index (χ1v) is 12.4. The van der Waals surface area contributed by atoms with Crippen molar-refractivity contribution in [2.45, 2.75) is 76.5 Å². The molecular weight excluding hydrogens is 414 g/mol. The van der Waals surface area contributed by atoms with Crippen LogP contribution in [0.25, 0.3) is 0 Å². The summed E-state index contributed by atoms with van der Waals surface area (Å²) in [5.41, 5.74) is 2.12. The third kappa shape index (κ3) is 6.72. The van der Waals surface area contributed by atoms with Gasteiger partial charge in [0.1, 0.15) is 30.3 Å². The van der Waals surface area contributed by atoms with Crippen molar-refractivity contribution >= 4 is 0 Å². The van der Waals surface area contributed by atoms with Gasteiger partial charge in [-0.3, -0.25) is 4.90 Å². The van der Waals surface area contributed by atoms with Crippen molar-refractivity contribution < 1.29 is 19.7 Å². The molecule has 1 saturated carbocycles. The minimum Gasteiger partial charge on any atom is -0.491 e. The molecule has 2 aromatic carbocycles. The smallest absolute Gasteiger partial charge is 0.122 e. The van der Waals surface area contributed by atoms with Crippen molar-refractivity contribution in [2.75, 3.05) is 26.3 Å². The molecule has 1 heterocycles. The van der Waals surface area contributed by atoms with Crippen LogP contribution in [0.5, 0.6) is 11.5 Å². The summed E-state index contributed by atoms with van der Waals surface area (Å²) in [6.07, 6.45) is 6.47. The number of benzene rings is 2. The SMILES string of the molecule is Cc1ccc(OCC2(O)CCN(Cc3ccc(OCC4(O)CCCCC4)cc3)CC2)c(C)c1. The molecular formula is C28H39NO4. The number of hydrogen-bond acceptors (Lipinski definition) is 5. The monoisotopic (exact) mass is 453 g/mol. The summed E-state index contributed by atoms with van der Waals surface area (Å²) in [7, 11) is 0. The number of piperidine rings is 1. The van der Waals surface area contributed by atoms with E-state index in [-0.39, 0.29) is 0 Å². The summed E-state index contributed by atoms with van der Waals surface area (Å²) >= 11 is 0. The van der Waals surface area contributed by atoms with E-state index >= 15 is 0 Å². The zero-order valence-corrected chi connectivity index (χ0v) is 20.2. The van der Waals surface area contributed by atoms with Gasteiger partial charge in [-0.25, -0.2) is 0 Å². The zero-order valence-electron chi connectivity index (χ0n) is 20.2. The van der Waals surface area contributed by atoms with Gasteiger partial charge in [-0.15, -0.1) is 0 Å². The highest BCUT2D eigenvalue weighted by atomic mass is 16.5. The Hall–Kier alpha value is -2.08. The maximum absolute atomic E-state index is 11.0. The molecule has 0 aromatic heterocycles. The van der Waals surface area contributed by atoms with E-state index in [0.29, 0.717) is 26.1 Å². The second-order valence-corrected chi connectivity index (χ2v) is 10.3. The molecule has 4 rings (SSSR count). The molecule has 2 N–H and O–H groups in total. The maximum Gasteiger partial charge on any atom is 0.122 e. The summed E-state index contributed by atoms with van der Waals surface area (Å²) in [5, 5.41) is 21.6. The van der Waals surface area contributed by atoms with E-state index in [0.717, 1.165) is 62.4 Å². The largest absolute Gasteiger partial charge is 0.491 e. The van der Waals surface area contributed by atoms with E-state index in [9.17, 15) is 10.2 Å². The van der Waals surface area contributed by atoms with Gasteiger partial charge in [0.2, 0.25) is 0 Å². The second kappa shape index (κ2) is 10.5. The number of likely N-dealkylation sites (tertiary alicyclic amines) is 1. The Labute approximate surface area is 198 Å². The molecule has 1 saturated heterocycles. The number of ether oxygens (including phenoxy) is 2. The molecule has 5 nitrogen and oxygen atoms in total. The highest BCUT2D eigenvalue weighted by Crippen LogP contribution is 2.29. The van der Waals surface area contributed by atoms with Crippen molar-refractivity contribution in [1.29, 1.82) is 0 Å². The molecule has 33 heavy (non-hydrogen) atoms. The van der Waals surface area contributed by atoms with Gasteiger partial charge in [-0.1, -0.05) is 49.1 Å². The minimum absolute atomic E-state index is 0.336. The lowest BCUT2D eigenvalue weighted by Crippen LogP contribution is -2.47. The zero-order chi connectivity index (χ0) is 23.3. The van der Waals surface area contributed by atoms with Crippen LogP contribution in [0.1, 0.15) is 61.6 Å². The molecule has 2 aromatic rings. The van der Waals surface area contributed by atoms with Crippen LogP contribution in [0.15, 0.2) is 42.5 Å². The van der Waals surface area contributed by atoms with Crippen LogP contribution in [-0.4, -0.2) is 52.6 Å². The van der Waals surface area contributed by atoms with Crippen molar-refractivity contribution in [1.82, 2.24) is 4.90 Å². The molecule has 0 unspecified atom stereocenters. The number of nitrogens with zero attached hydrogens (tertiary/aromatic N) is 1. The molecule has 2 aliphatic rings. The van der Waals surface area contributed by atoms with E-state index < -0.39 is 11.2 Å². The Bertz CT molecular complexity index is 897. The normalized spacial score (nSPS) is 20.4. The van der Waals surface area contributed by atoms with Gasteiger partial charge < -0.3 is 19.7 Å². The number of aliphatic hydroxyl groups is 2. The van der Waals surface area contributed by atoms with Crippen LogP contribution in [-0.2, 0) is 6.54 Å². The lowest BCUT2D eigenvalue weighted by molar-refractivity contribution is -0.0538. The molecule has 180 valence electrons. The Balaban J connectivity index is 1.21.